The van der Waals surface area contributed by atoms with Gasteiger partial charge < -0.3 is 9.64 Å². The van der Waals surface area contributed by atoms with E-state index in [1.807, 2.05) is 0 Å². The second-order valence-corrected chi connectivity index (χ2v) is 6.47. The summed E-state index contributed by atoms with van der Waals surface area (Å²) >= 11 is 0. The summed E-state index contributed by atoms with van der Waals surface area (Å²) in [5, 5.41) is 0. The lowest BCUT2D eigenvalue weighted by atomic mass is 9.81. The molecule has 104 valence electrons. The van der Waals surface area contributed by atoms with Crippen LogP contribution in [0.5, 0.6) is 0 Å². The van der Waals surface area contributed by atoms with Crippen molar-refractivity contribution < 1.29 is 4.74 Å². The first-order chi connectivity index (χ1) is 9.18. The Hall–Kier alpha value is -0.900. The average Bonchev–Trinajstić information content (AvgIpc) is 2.85. The average molecular weight is 260 g/mol. The Morgan fingerprint density at radius 1 is 1.32 bits per heavy atom. The largest absolute Gasteiger partial charge is 0.380 e. The van der Waals surface area contributed by atoms with Crippen molar-refractivity contribution in [1.29, 1.82) is 0 Å². The maximum atomic E-state index is 5.76. The van der Waals surface area contributed by atoms with Crippen molar-refractivity contribution in [1.82, 2.24) is 9.80 Å². The molecule has 2 atom stereocenters. The smallest absolute Gasteiger partial charge is 0.0551 e. The first-order valence-electron chi connectivity index (χ1n) is 7.17. The van der Waals surface area contributed by atoms with E-state index in [2.05, 4.69) is 54.2 Å². The van der Waals surface area contributed by atoms with Crippen molar-refractivity contribution in [3.63, 3.8) is 0 Å². The molecule has 0 bridgehead atoms. The molecule has 0 aliphatic carbocycles. The lowest BCUT2D eigenvalue weighted by Crippen LogP contribution is -2.40. The lowest BCUT2D eigenvalue weighted by molar-refractivity contribution is 0.109. The molecule has 0 spiro atoms. The number of rotatable bonds is 4. The summed E-state index contributed by atoms with van der Waals surface area (Å²) < 4.78 is 5.76. The van der Waals surface area contributed by atoms with E-state index in [1.165, 1.54) is 18.7 Å². The van der Waals surface area contributed by atoms with Crippen LogP contribution in [-0.2, 0) is 11.3 Å². The fraction of sp³-hybridized carbons (Fsp3) is 0.625. The zero-order valence-electron chi connectivity index (χ0n) is 12.0. The number of ether oxygens (including phenoxy) is 1. The van der Waals surface area contributed by atoms with Crippen LogP contribution in [0.15, 0.2) is 30.3 Å². The summed E-state index contributed by atoms with van der Waals surface area (Å²) in [6.07, 6.45) is 0. The molecule has 0 radical (unpaired) electrons. The fourth-order valence-corrected chi connectivity index (χ4v) is 3.76. The van der Waals surface area contributed by atoms with Crippen LogP contribution in [0.25, 0.3) is 0 Å². The number of likely N-dealkylation sites (tertiary alicyclic amines) is 1. The van der Waals surface area contributed by atoms with Crippen molar-refractivity contribution in [2.45, 2.75) is 6.54 Å². The van der Waals surface area contributed by atoms with Crippen molar-refractivity contribution in [2.75, 3.05) is 46.9 Å². The van der Waals surface area contributed by atoms with Gasteiger partial charge in [-0.25, -0.2) is 0 Å². The Bertz CT molecular complexity index is 420. The standard InChI is InChI=1S/C16H24N2O/c1-17(2)11-16-12-18(9-15(16)10-19-13-16)8-14-6-4-3-5-7-14/h3-7,15H,8-13H2,1-2H3/t15-,16+/m0/s1. The Morgan fingerprint density at radius 2 is 2.11 bits per heavy atom. The summed E-state index contributed by atoms with van der Waals surface area (Å²) in [6, 6.07) is 10.8. The molecule has 2 fully saturated rings. The summed E-state index contributed by atoms with van der Waals surface area (Å²) in [4.78, 5) is 4.92. The molecule has 3 rings (SSSR count). The van der Waals surface area contributed by atoms with Crippen LogP contribution >= 0.6 is 0 Å². The molecule has 19 heavy (non-hydrogen) atoms. The second-order valence-electron chi connectivity index (χ2n) is 6.47. The number of nitrogens with zero attached hydrogens (tertiary/aromatic N) is 2. The molecular weight excluding hydrogens is 236 g/mol. The minimum absolute atomic E-state index is 0.359. The van der Waals surface area contributed by atoms with Crippen molar-refractivity contribution in [2.24, 2.45) is 11.3 Å². The number of fused-ring (bicyclic) bond motifs is 1. The second kappa shape index (κ2) is 5.23. The lowest BCUT2D eigenvalue weighted by Gasteiger charge is -2.30. The van der Waals surface area contributed by atoms with Crippen LogP contribution in [0, 0.1) is 11.3 Å². The van der Waals surface area contributed by atoms with Gasteiger partial charge in [0.25, 0.3) is 0 Å². The molecule has 2 aliphatic heterocycles. The van der Waals surface area contributed by atoms with Gasteiger partial charge in [-0.15, -0.1) is 0 Å². The van der Waals surface area contributed by atoms with Gasteiger partial charge in [0.2, 0.25) is 0 Å². The molecule has 2 saturated heterocycles. The molecule has 1 aromatic rings. The molecule has 0 N–H and O–H groups in total. The first-order valence-corrected chi connectivity index (χ1v) is 7.17. The number of benzene rings is 1. The van der Waals surface area contributed by atoms with Gasteiger partial charge in [0.05, 0.1) is 13.2 Å². The van der Waals surface area contributed by atoms with Crippen LogP contribution < -0.4 is 0 Å². The van der Waals surface area contributed by atoms with Crippen molar-refractivity contribution >= 4 is 0 Å². The molecule has 0 unspecified atom stereocenters. The van der Waals surface area contributed by atoms with Crippen LogP contribution in [-0.4, -0.2) is 56.7 Å². The topological polar surface area (TPSA) is 15.7 Å². The van der Waals surface area contributed by atoms with Gasteiger partial charge in [0.1, 0.15) is 0 Å². The third-order valence-corrected chi connectivity index (χ3v) is 4.47. The summed E-state index contributed by atoms with van der Waals surface area (Å²) in [7, 11) is 4.34. The van der Waals surface area contributed by atoms with Gasteiger partial charge in [0, 0.05) is 37.5 Å². The van der Waals surface area contributed by atoms with Crippen LogP contribution in [0.1, 0.15) is 5.56 Å². The molecule has 1 aromatic carbocycles. The summed E-state index contributed by atoms with van der Waals surface area (Å²) in [5.74, 6) is 0.707. The fourth-order valence-electron chi connectivity index (χ4n) is 3.76. The number of hydrogen-bond donors (Lipinski definition) is 0. The quantitative estimate of drug-likeness (QED) is 0.819. The highest BCUT2D eigenvalue weighted by Crippen LogP contribution is 2.42. The monoisotopic (exact) mass is 260 g/mol. The van der Waals surface area contributed by atoms with Gasteiger partial charge in [0.15, 0.2) is 0 Å². The van der Waals surface area contributed by atoms with E-state index in [4.69, 9.17) is 4.74 Å². The maximum Gasteiger partial charge on any atom is 0.0551 e. The Labute approximate surface area is 116 Å². The van der Waals surface area contributed by atoms with Crippen molar-refractivity contribution in [3.05, 3.63) is 35.9 Å². The highest BCUT2D eigenvalue weighted by atomic mass is 16.5. The third-order valence-electron chi connectivity index (χ3n) is 4.47. The summed E-state index contributed by atoms with van der Waals surface area (Å²) in [5.41, 5.74) is 1.78. The van der Waals surface area contributed by atoms with Crippen LogP contribution in [0.2, 0.25) is 0 Å². The zero-order valence-corrected chi connectivity index (χ0v) is 12.0. The van der Waals surface area contributed by atoms with E-state index in [0.717, 1.165) is 26.3 Å². The van der Waals surface area contributed by atoms with Crippen molar-refractivity contribution in [3.8, 4) is 0 Å². The third kappa shape index (κ3) is 2.69. The van der Waals surface area contributed by atoms with Gasteiger partial charge in [-0.2, -0.15) is 0 Å². The van der Waals surface area contributed by atoms with Crippen LogP contribution in [0.3, 0.4) is 0 Å². The Morgan fingerprint density at radius 3 is 2.84 bits per heavy atom. The molecule has 2 aliphatic rings. The van der Waals surface area contributed by atoms with Gasteiger partial charge in [-0.05, 0) is 19.7 Å². The minimum Gasteiger partial charge on any atom is -0.380 e. The molecule has 0 aromatic heterocycles. The molecule has 0 amide bonds. The number of hydrogen-bond acceptors (Lipinski definition) is 3. The zero-order chi connectivity index (χ0) is 13.3. The Kier molecular flexibility index (Phi) is 3.61. The SMILES string of the molecule is CN(C)C[C@@]12COC[C@@H]1CN(Cc1ccccc1)C2. The van der Waals surface area contributed by atoms with Crippen LogP contribution in [0.4, 0.5) is 0 Å². The van der Waals surface area contributed by atoms with E-state index < -0.39 is 0 Å². The molecule has 0 saturated carbocycles. The van der Waals surface area contributed by atoms with Gasteiger partial charge in [-0.1, -0.05) is 30.3 Å². The van der Waals surface area contributed by atoms with Gasteiger partial charge >= 0.3 is 0 Å². The van der Waals surface area contributed by atoms with E-state index in [1.54, 1.807) is 0 Å². The van der Waals surface area contributed by atoms with E-state index >= 15 is 0 Å². The molecular formula is C16H24N2O. The maximum absolute atomic E-state index is 5.76. The summed E-state index contributed by atoms with van der Waals surface area (Å²) in [6.45, 7) is 6.45. The van der Waals surface area contributed by atoms with E-state index in [9.17, 15) is 0 Å². The normalized spacial score (nSPS) is 31.0. The van der Waals surface area contributed by atoms with Gasteiger partial charge in [-0.3, -0.25) is 4.90 Å². The highest BCUT2D eigenvalue weighted by Gasteiger charge is 2.50. The predicted molar refractivity (Wildman–Crippen MR) is 77.0 cm³/mol. The molecule has 2 heterocycles. The minimum atomic E-state index is 0.359. The Balaban J connectivity index is 1.68. The molecule has 3 nitrogen and oxygen atoms in total. The highest BCUT2D eigenvalue weighted by molar-refractivity contribution is 5.15. The van der Waals surface area contributed by atoms with E-state index in [-0.39, 0.29) is 0 Å². The van der Waals surface area contributed by atoms with E-state index in [0.29, 0.717) is 11.3 Å². The predicted octanol–water partition coefficient (Wildman–Crippen LogP) is 1.70. The molecule has 3 heteroatoms. The first kappa shape index (κ1) is 13.1.